The summed E-state index contributed by atoms with van der Waals surface area (Å²) < 4.78 is 5.25. The first-order valence-electron chi connectivity index (χ1n) is 3.75. The summed E-state index contributed by atoms with van der Waals surface area (Å²) in [6.07, 6.45) is 0. The van der Waals surface area contributed by atoms with Gasteiger partial charge in [-0.2, -0.15) is 0 Å². The summed E-state index contributed by atoms with van der Waals surface area (Å²) in [5.74, 6) is 1.23. The number of hydrogen-bond donors (Lipinski definition) is 1. The van der Waals surface area contributed by atoms with Crippen LogP contribution in [0.3, 0.4) is 0 Å². The summed E-state index contributed by atoms with van der Waals surface area (Å²) in [7, 11) is 0. The molecular formula is C9H11ClO2. The number of aliphatic hydroxyl groups excluding tert-OH is 1. The summed E-state index contributed by atoms with van der Waals surface area (Å²) in [5, 5.41) is 8.81. The van der Waals surface area contributed by atoms with E-state index in [9.17, 15) is 0 Å². The molecule has 0 bridgehead atoms. The molecule has 3 heteroatoms. The molecule has 1 aromatic carbocycles. The molecule has 1 rings (SSSR count). The monoisotopic (exact) mass is 186 g/mol. The molecule has 0 spiro atoms. The fraction of sp³-hybridized carbons (Fsp3) is 0.333. The van der Waals surface area contributed by atoms with E-state index in [0.717, 1.165) is 11.3 Å². The number of benzene rings is 1. The van der Waals surface area contributed by atoms with Crippen LogP contribution < -0.4 is 4.74 Å². The van der Waals surface area contributed by atoms with Crippen LogP contribution in [0.25, 0.3) is 0 Å². The minimum absolute atomic E-state index is 0.0398. The van der Waals surface area contributed by atoms with E-state index >= 15 is 0 Å². The second-order valence-electron chi connectivity index (χ2n) is 2.34. The van der Waals surface area contributed by atoms with E-state index in [1.165, 1.54) is 0 Å². The maximum atomic E-state index is 8.81. The van der Waals surface area contributed by atoms with Crippen molar-refractivity contribution in [2.24, 2.45) is 0 Å². The van der Waals surface area contributed by atoms with Crippen molar-refractivity contribution in [1.82, 2.24) is 0 Å². The summed E-state index contributed by atoms with van der Waals surface area (Å²) in [6.45, 7) is 0.536. The van der Waals surface area contributed by atoms with Crippen LogP contribution >= 0.6 is 11.6 Å². The normalized spacial score (nSPS) is 9.83. The van der Waals surface area contributed by atoms with E-state index in [1.807, 2.05) is 18.2 Å². The molecule has 0 aliphatic rings. The Balaban J connectivity index is 2.60. The fourth-order valence-corrected chi connectivity index (χ4v) is 0.967. The van der Waals surface area contributed by atoms with Crippen LogP contribution in [0.15, 0.2) is 24.3 Å². The number of halogens is 1. The van der Waals surface area contributed by atoms with Gasteiger partial charge in [-0.1, -0.05) is 12.1 Å². The molecule has 0 heterocycles. The van der Waals surface area contributed by atoms with Gasteiger partial charge >= 0.3 is 0 Å². The first-order valence-corrected chi connectivity index (χ1v) is 4.29. The first kappa shape index (κ1) is 9.36. The maximum absolute atomic E-state index is 8.81. The van der Waals surface area contributed by atoms with Gasteiger partial charge in [-0.05, 0) is 17.7 Å². The van der Waals surface area contributed by atoms with Crippen molar-refractivity contribution in [1.29, 1.82) is 0 Å². The van der Waals surface area contributed by atoms with Crippen molar-refractivity contribution in [3.8, 4) is 5.75 Å². The van der Waals surface area contributed by atoms with E-state index < -0.39 is 0 Å². The Hall–Kier alpha value is -0.730. The van der Waals surface area contributed by atoms with Gasteiger partial charge in [0.1, 0.15) is 12.4 Å². The highest BCUT2D eigenvalue weighted by Gasteiger charge is 1.94. The van der Waals surface area contributed by atoms with Crippen LogP contribution in [0.2, 0.25) is 0 Å². The SMILES string of the molecule is OCc1cccc(OCCCl)c1. The number of hydrogen-bond acceptors (Lipinski definition) is 2. The van der Waals surface area contributed by atoms with Crippen LogP contribution in [0.1, 0.15) is 5.56 Å². The number of ether oxygens (including phenoxy) is 1. The highest BCUT2D eigenvalue weighted by molar-refractivity contribution is 6.17. The second-order valence-corrected chi connectivity index (χ2v) is 2.72. The molecule has 66 valence electrons. The molecule has 12 heavy (non-hydrogen) atoms. The third-order valence-electron chi connectivity index (χ3n) is 1.43. The largest absolute Gasteiger partial charge is 0.492 e. The second kappa shape index (κ2) is 5.01. The van der Waals surface area contributed by atoms with Gasteiger partial charge in [-0.3, -0.25) is 0 Å². The Morgan fingerprint density at radius 2 is 2.25 bits per heavy atom. The number of aliphatic hydroxyl groups is 1. The number of alkyl halides is 1. The molecular weight excluding hydrogens is 176 g/mol. The summed E-state index contributed by atoms with van der Waals surface area (Å²) in [6, 6.07) is 7.32. The molecule has 0 aliphatic heterocycles. The highest BCUT2D eigenvalue weighted by atomic mass is 35.5. The molecule has 0 atom stereocenters. The van der Waals surface area contributed by atoms with Crippen molar-refractivity contribution in [3.05, 3.63) is 29.8 Å². The van der Waals surface area contributed by atoms with Gasteiger partial charge in [0.15, 0.2) is 0 Å². The van der Waals surface area contributed by atoms with Gasteiger partial charge in [0.2, 0.25) is 0 Å². The molecule has 0 saturated heterocycles. The van der Waals surface area contributed by atoms with Gasteiger partial charge in [0.05, 0.1) is 12.5 Å². The zero-order chi connectivity index (χ0) is 8.81. The van der Waals surface area contributed by atoms with E-state index in [4.69, 9.17) is 21.4 Å². The predicted molar refractivity (Wildman–Crippen MR) is 48.6 cm³/mol. The molecule has 0 aliphatic carbocycles. The van der Waals surface area contributed by atoms with Crippen LogP contribution in [-0.2, 0) is 6.61 Å². The average Bonchev–Trinajstić information content (AvgIpc) is 2.15. The Bertz CT molecular complexity index is 238. The molecule has 0 aromatic heterocycles. The van der Waals surface area contributed by atoms with Crippen LogP contribution in [-0.4, -0.2) is 17.6 Å². The third kappa shape index (κ3) is 2.72. The number of rotatable bonds is 4. The maximum Gasteiger partial charge on any atom is 0.119 e. The van der Waals surface area contributed by atoms with Crippen molar-refractivity contribution < 1.29 is 9.84 Å². The molecule has 1 N–H and O–H groups in total. The molecule has 0 fully saturated rings. The van der Waals surface area contributed by atoms with E-state index in [1.54, 1.807) is 6.07 Å². The lowest BCUT2D eigenvalue weighted by Crippen LogP contribution is -1.98. The lowest BCUT2D eigenvalue weighted by atomic mass is 10.2. The smallest absolute Gasteiger partial charge is 0.119 e. The molecule has 0 saturated carbocycles. The van der Waals surface area contributed by atoms with Crippen molar-refractivity contribution >= 4 is 11.6 Å². The van der Waals surface area contributed by atoms with E-state index in [2.05, 4.69) is 0 Å². The van der Waals surface area contributed by atoms with E-state index in [-0.39, 0.29) is 6.61 Å². The quantitative estimate of drug-likeness (QED) is 0.727. The first-order chi connectivity index (χ1) is 5.86. The van der Waals surface area contributed by atoms with Crippen molar-refractivity contribution in [2.45, 2.75) is 6.61 Å². The van der Waals surface area contributed by atoms with Crippen LogP contribution in [0.5, 0.6) is 5.75 Å². The Labute approximate surface area is 76.7 Å². The fourth-order valence-electron chi connectivity index (χ4n) is 0.890. The van der Waals surface area contributed by atoms with Crippen LogP contribution in [0, 0.1) is 0 Å². The van der Waals surface area contributed by atoms with Gasteiger partial charge in [0, 0.05) is 0 Å². The van der Waals surface area contributed by atoms with Crippen molar-refractivity contribution in [3.63, 3.8) is 0 Å². The Morgan fingerprint density at radius 1 is 1.42 bits per heavy atom. The third-order valence-corrected chi connectivity index (χ3v) is 1.58. The molecule has 0 radical (unpaired) electrons. The zero-order valence-corrected chi connectivity index (χ0v) is 7.42. The average molecular weight is 187 g/mol. The minimum Gasteiger partial charge on any atom is -0.492 e. The summed E-state index contributed by atoms with van der Waals surface area (Å²) in [5.41, 5.74) is 0.849. The summed E-state index contributed by atoms with van der Waals surface area (Å²) >= 11 is 5.45. The Kier molecular flexibility index (Phi) is 3.91. The van der Waals surface area contributed by atoms with Gasteiger partial charge in [-0.25, -0.2) is 0 Å². The standard InChI is InChI=1S/C9H11ClO2/c10-4-5-12-9-3-1-2-8(6-9)7-11/h1-3,6,11H,4-5,7H2. The topological polar surface area (TPSA) is 29.5 Å². The molecule has 1 aromatic rings. The minimum atomic E-state index is 0.0398. The predicted octanol–water partition coefficient (Wildman–Crippen LogP) is 1.80. The van der Waals surface area contributed by atoms with Crippen molar-refractivity contribution in [2.75, 3.05) is 12.5 Å². The van der Waals surface area contributed by atoms with Gasteiger partial charge < -0.3 is 9.84 Å². The highest BCUT2D eigenvalue weighted by Crippen LogP contribution is 2.12. The lowest BCUT2D eigenvalue weighted by Gasteiger charge is -2.04. The molecule has 0 unspecified atom stereocenters. The van der Waals surface area contributed by atoms with Crippen LogP contribution in [0.4, 0.5) is 0 Å². The molecule has 0 amide bonds. The molecule has 2 nitrogen and oxygen atoms in total. The van der Waals surface area contributed by atoms with E-state index in [0.29, 0.717) is 12.5 Å². The lowest BCUT2D eigenvalue weighted by molar-refractivity contribution is 0.280. The summed E-state index contributed by atoms with van der Waals surface area (Å²) in [4.78, 5) is 0. The zero-order valence-electron chi connectivity index (χ0n) is 6.66. The van der Waals surface area contributed by atoms with Gasteiger partial charge in [-0.15, -0.1) is 11.6 Å². The Morgan fingerprint density at radius 3 is 2.92 bits per heavy atom. The van der Waals surface area contributed by atoms with Gasteiger partial charge in [0.25, 0.3) is 0 Å².